The molecule has 2 heterocycles. The molecule has 1 aliphatic rings. The predicted octanol–water partition coefficient (Wildman–Crippen LogP) is 3.76. The molecule has 0 atom stereocenters. The number of thiophene rings is 1. The quantitative estimate of drug-likeness (QED) is 0.881. The Bertz CT molecular complexity index is 629. The van der Waals surface area contributed by atoms with Gasteiger partial charge in [-0.25, -0.2) is 9.97 Å². The summed E-state index contributed by atoms with van der Waals surface area (Å²) >= 11 is 1.83. The summed E-state index contributed by atoms with van der Waals surface area (Å²) in [6.07, 6.45) is 8.75. The van der Waals surface area contributed by atoms with Crippen molar-refractivity contribution in [1.29, 1.82) is 0 Å². The van der Waals surface area contributed by atoms with E-state index in [1.165, 1.54) is 41.5 Å². The van der Waals surface area contributed by atoms with E-state index in [1.807, 2.05) is 11.3 Å². The lowest BCUT2D eigenvalue weighted by Crippen LogP contribution is -2.35. The smallest absolute Gasteiger partial charge is 0.138 e. The van der Waals surface area contributed by atoms with Gasteiger partial charge in [-0.05, 0) is 51.1 Å². The molecule has 2 aromatic rings. The minimum Gasteiger partial charge on any atom is -0.367 e. The fourth-order valence-electron chi connectivity index (χ4n) is 3.53. The van der Waals surface area contributed by atoms with Crippen LogP contribution in [0.25, 0.3) is 10.2 Å². The second-order valence-corrected chi connectivity index (χ2v) is 7.18. The summed E-state index contributed by atoms with van der Waals surface area (Å²) < 4.78 is 0. The molecule has 0 spiro atoms. The third kappa shape index (κ3) is 2.97. The maximum Gasteiger partial charge on any atom is 0.138 e. The van der Waals surface area contributed by atoms with Crippen molar-refractivity contribution in [3.63, 3.8) is 0 Å². The van der Waals surface area contributed by atoms with Crippen LogP contribution >= 0.6 is 11.3 Å². The average Bonchev–Trinajstić information content (AvgIpc) is 2.94. The molecular weight excluding hydrogens is 292 g/mol. The summed E-state index contributed by atoms with van der Waals surface area (Å²) in [5, 5.41) is 8.37. The van der Waals surface area contributed by atoms with Crippen LogP contribution in [0.2, 0.25) is 0 Å². The summed E-state index contributed by atoms with van der Waals surface area (Å²) in [6.45, 7) is 4.46. The summed E-state index contributed by atoms with van der Waals surface area (Å²) in [6, 6.07) is 1.22. The molecule has 3 rings (SSSR count). The Labute approximate surface area is 136 Å². The first-order chi connectivity index (χ1) is 10.8. The fourth-order valence-corrected chi connectivity index (χ4v) is 4.69. The standard InChI is InChI=1S/C17H26N4S/c1-4-13-14(5-2)22-17-15(13)16(19-10-20-17)21-12-8-6-11(18-3)7-9-12/h10-12,18H,4-9H2,1-3H3,(H,19,20,21). The molecule has 1 aliphatic carbocycles. The second-order valence-electron chi connectivity index (χ2n) is 6.09. The van der Waals surface area contributed by atoms with Crippen molar-refractivity contribution in [1.82, 2.24) is 15.3 Å². The van der Waals surface area contributed by atoms with Gasteiger partial charge in [0.1, 0.15) is 17.0 Å². The van der Waals surface area contributed by atoms with Gasteiger partial charge in [-0.3, -0.25) is 0 Å². The molecule has 1 saturated carbocycles. The van der Waals surface area contributed by atoms with Gasteiger partial charge in [0, 0.05) is 17.0 Å². The number of rotatable bonds is 5. The van der Waals surface area contributed by atoms with Crippen molar-refractivity contribution in [2.75, 3.05) is 12.4 Å². The van der Waals surface area contributed by atoms with Crippen LogP contribution in [0.1, 0.15) is 50.0 Å². The molecule has 1 fully saturated rings. The molecule has 22 heavy (non-hydrogen) atoms. The number of anilines is 1. The Balaban J connectivity index is 1.86. The average molecular weight is 318 g/mol. The lowest BCUT2D eigenvalue weighted by molar-refractivity contribution is 0.371. The fraction of sp³-hybridized carbons (Fsp3) is 0.647. The highest BCUT2D eigenvalue weighted by molar-refractivity contribution is 7.18. The van der Waals surface area contributed by atoms with Gasteiger partial charge < -0.3 is 10.6 Å². The Morgan fingerprint density at radius 2 is 1.82 bits per heavy atom. The van der Waals surface area contributed by atoms with Crippen LogP contribution in [0.4, 0.5) is 5.82 Å². The van der Waals surface area contributed by atoms with Gasteiger partial charge in [0.2, 0.25) is 0 Å². The summed E-state index contributed by atoms with van der Waals surface area (Å²) in [5.41, 5.74) is 1.44. The minimum absolute atomic E-state index is 0.539. The molecular formula is C17H26N4S. The number of nitrogens with zero attached hydrogens (tertiary/aromatic N) is 2. The van der Waals surface area contributed by atoms with Gasteiger partial charge in [-0.2, -0.15) is 0 Å². The molecule has 2 N–H and O–H groups in total. The van der Waals surface area contributed by atoms with Gasteiger partial charge in [-0.1, -0.05) is 13.8 Å². The largest absolute Gasteiger partial charge is 0.367 e. The van der Waals surface area contributed by atoms with Crippen molar-refractivity contribution in [2.24, 2.45) is 0 Å². The highest BCUT2D eigenvalue weighted by atomic mass is 32.1. The topological polar surface area (TPSA) is 49.8 Å². The maximum atomic E-state index is 4.57. The van der Waals surface area contributed by atoms with E-state index in [4.69, 9.17) is 0 Å². The number of aromatic nitrogens is 2. The summed E-state index contributed by atoms with van der Waals surface area (Å²) in [5.74, 6) is 1.05. The molecule has 0 bridgehead atoms. The van der Waals surface area contributed by atoms with E-state index in [9.17, 15) is 0 Å². The zero-order chi connectivity index (χ0) is 15.5. The highest BCUT2D eigenvalue weighted by Crippen LogP contribution is 2.35. The van der Waals surface area contributed by atoms with Crippen LogP contribution in [-0.2, 0) is 12.8 Å². The summed E-state index contributed by atoms with van der Waals surface area (Å²) in [7, 11) is 2.07. The molecule has 0 aromatic carbocycles. The molecule has 0 radical (unpaired) electrons. The SMILES string of the molecule is CCc1sc2ncnc(NC3CCC(NC)CC3)c2c1CC. The van der Waals surface area contributed by atoms with E-state index in [2.05, 4.69) is 41.5 Å². The Hall–Kier alpha value is -1.20. The van der Waals surface area contributed by atoms with Crippen LogP contribution in [0.15, 0.2) is 6.33 Å². The van der Waals surface area contributed by atoms with Crippen molar-refractivity contribution >= 4 is 27.4 Å². The maximum absolute atomic E-state index is 4.57. The van der Waals surface area contributed by atoms with Gasteiger partial charge in [-0.15, -0.1) is 11.3 Å². The van der Waals surface area contributed by atoms with Gasteiger partial charge in [0.25, 0.3) is 0 Å². The van der Waals surface area contributed by atoms with Gasteiger partial charge in [0.05, 0.1) is 5.39 Å². The Morgan fingerprint density at radius 1 is 1.09 bits per heavy atom. The van der Waals surface area contributed by atoms with Crippen molar-refractivity contribution in [3.05, 3.63) is 16.8 Å². The number of hydrogen-bond acceptors (Lipinski definition) is 5. The van der Waals surface area contributed by atoms with E-state index < -0.39 is 0 Å². The van der Waals surface area contributed by atoms with Crippen LogP contribution in [0, 0.1) is 0 Å². The van der Waals surface area contributed by atoms with Crippen molar-refractivity contribution in [2.45, 2.75) is 64.5 Å². The van der Waals surface area contributed by atoms with E-state index in [-0.39, 0.29) is 0 Å². The van der Waals surface area contributed by atoms with Gasteiger partial charge in [0.15, 0.2) is 0 Å². The number of fused-ring (bicyclic) bond motifs is 1. The minimum atomic E-state index is 0.539. The van der Waals surface area contributed by atoms with Crippen LogP contribution in [0.3, 0.4) is 0 Å². The van der Waals surface area contributed by atoms with Crippen molar-refractivity contribution < 1.29 is 0 Å². The van der Waals surface area contributed by atoms with E-state index in [0.29, 0.717) is 12.1 Å². The normalized spacial score (nSPS) is 22.1. The highest BCUT2D eigenvalue weighted by Gasteiger charge is 2.22. The molecule has 0 unspecified atom stereocenters. The molecule has 0 aliphatic heterocycles. The third-order valence-corrected chi connectivity index (χ3v) is 6.11. The van der Waals surface area contributed by atoms with Gasteiger partial charge >= 0.3 is 0 Å². The molecule has 120 valence electrons. The number of nitrogens with one attached hydrogen (secondary N) is 2. The van der Waals surface area contributed by atoms with Crippen LogP contribution in [-0.4, -0.2) is 29.1 Å². The number of hydrogen-bond donors (Lipinski definition) is 2. The Kier molecular flexibility index (Phi) is 4.93. The molecule has 0 saturated heterocycles. The monoisotopic (exact) mass is 318 g/mol. The lowest BCUT2D eigenvalue weighted by Gasteiger charge is -2.29. The van der Waals surface area contributed by atoms with E-state index in [1.54, 1.807) is 6.33 Å². The first-order valence-electron chi connectivity index (χ1n) is 8.45. The molecule has 5 heteroatoms. The first-order valence-corrected chi connectivity index (χ1v) is 9.27. The Morgan fingerprint density at radius 3 is 2.45 bits per heavy atom. The number of aryl methyl sites for hydroxylation is 2. The zero-order valence-corrected chi connectivity index (χ0v) is 14.6. The molecule has 0 amide bonds. The first kappa shape index (κ1) is 15.7. The molecule has 2 aromatic heterocycles. The van der Waals surface area contributed by atoms with Crippen LogP contribution in [0.5, 0.6) is 0 Å². The third-order valence-electron chi connectivity index (χ3n) is 4.82. The van der Waals surface area contributed by atoms with E-state index in [0.717, 1.165) is 23.5 Å². The zero-order valence-electron chi connectivity index (χ0n) is 13.8. The summed E-state index contributed by atoms with van der Waals surface area (Å²) in [4.78, 5) is 11.7. The lowest BCUT2D eigenvalue weighted by atomic mass is 9.91. The predicted molar refractivity (Wildman–Crippen MR) is 94.9 cm³/mol. The molecule has 4 nitrogen and oxygen atoms in total. The van der Waals surface area contributed by atoms with Crippen LogP contribution < -0.4 is 10.6 Å². The van der Waals surface area contributed by atoms with Crippen molar-refractivity contribution in [3.8, 4) is 0 Å². The van der Waals surface area contributed by atoms with E-state index >= 15 is 0 Å². The second kappa shape index (κ2) is 6.92.